The van der Waals surface area contributed by atoms with Crippen LogP contribution in [0.25, 0.3) is 0 Å². The molecule has 0 aliphatic carbocycles. The van der Waals surface area contributed by atoms with Crippen molar-refractivity contribution in [2.75, 3.05) is 0 Å². The summed E-state index contributed by atoms with van der Waals surface area (Å²) in [5, 5.41) is 20.3. The van der Waals surface area contributed by atoms with Gasteiger partial charge in [-0.15, -0.1) is 0 Å². The van der Waals surface area contributed by atoms with E-state index < -0.39 is 0 Å². The fraction of sp³-hybridized carbons (Fsp3) is 0. The average molecular weight is 257 g/mol. The molecule has 0 unspecified atom stereocenters. The van der Waals surface area contributed by atoms with Gasteiger partial charge < -0.3 is 29.7 Å². The van der Waals surface area contributed by atoms with Gasteiger partial charge in [0.15, 0.2) is 0 Å². The van der Waals surface area contributed by atoms with Crippen LogP contribution in [0.2, 0.25) is 0 Å². The number of aliphatic hydroxyl groups excluding tert-OH is 3. The average Bonchev–Trinajstić information content (AvgIpc) is 1.70. The van der Waals surface area contributed by atoms with Crippen LogP contribution in [-0.2, 0) is 14.4 Å². The van der Waals surface area contributed by atoms with Crippen molar-refractivity contribution in [1.82, 2.24) is 0 Å². The van der Waals surface area contributed by atoms with E-state index in [0.717, 1.165) is 0 Å². The molecule has 0 amide bonds. The number of rotatable bonds is 0. The van der Waals surface area contributed by atoms with Crippen LogP contribution in [0.15, 0.2) is 0 Å². The molecule has 0 atom stereocenters. The van der Waals surface area contributed by atoms with Crippen LogP contribution in [0.5, 0.6) is 0 Å². The van der Waals surface area contributed by atoms with Crippen LogP contribution in [0.3, 0.4) is 0 Å². The van der Waals surface area contributed by atoms with Gasteiger partial charge in [-0.05, 0) is 0 Å². The first-order valence-electron chi connectivity index (χ1n) is 1.28. The summed E-state index contributed by atoms with van der Waals surface area (Å²) < 4.78 is 0. The van der Waals surface area contributed by atoms with Gasteiger partial charge in [0.1, 0.15) is 0 Å². The molecule has 3 N–H and O–H groups in total. The summed E-state index contributed by atoms with van der Waals surface area (Å²) in [6.45, 7) is 1.50. The maximum absolute atomic E-state index is 8.24. The van der Waals surface area contributed by atoms with E-state index >= 15 is 0 Å². The Morgan fingerprint density at radius 2 is 0.700 bits per heavy atom. The van der Waals surface area contributed by atoms with Crippen molar-refractivity contribution in [2.24, 2.45) is 0 Å². The molecule has 10 heavy (non-hydrogen) atoms. The quantitative estimate of drug-likeness (QED) is 0.358. The molecule has 0 aliphatic rings. The molecule has 0 aliphatic heterocycles. The van der Waals surface area contributed by atoms with Crippen molar-refractivity contribution in [2.45, 2.75) is 0 Å². The van der Waals surface area contributed by atoms with Gasteiger partial charge in [0.25, 0.3) is 0 Å². The molecule has 0 saturated carbocycles. The second-order valence-electron chi connectivity index (χ2n) is 0.274. The zero-order valence-electron chi connectivity index (χ0n) is 4.51. The van der Waals surface area contributed by atoms with Crippen molar-refractivity contribution in [3.05, 3.63) is 0 Å². The minimum atomic E-state index is 0. The van der Waals surface area contributed by atoms with Gasteiger partial charge in [-0.2, -0.15) is 0 Å². The molecule has 0 spiro atoms. The summed E-state index contributed by atoms with van der Waals surface area (Å²) in [7, 11) is 0. The van der Waals surface area contributed by atoms with Gasteiger partial charge in [0, 0.05) is 0 Å². The van der Waals surface area contributed by atoms with Crippen molar-refractivity contribution >= 4 is 43.8 Å². The topological polar surface area (TPSA) is 112 Å². The van der Waals surface area contributed by atoms with Crippen molar-refractivity contribution in [3.63, 3.8) is 0 Å². The molecule has 0 saturated heterocycles. The van der Waals surface area contributed by atoms with Gasteiger partial charge >= 0.3 is 24.4 Å². The Bertz CT molecular complexity index is 49.7. The Morgan fingerprint density at radius 1 is 0.700 bits per heavy atom. The molecular weight excluding hydrogens is 254 g/mol. The normalized spacial score (nSPS) is 3.60. The molecule has 6 nitrogen and oxygen atoms in total. The van der Waals surface area contributed by atoms with E-state index in [2.05, 4.69) is 0 Å². The largest absolute Gasteiger partial charge is 3.00 e. The van der Waals surface area contributed by atoms with Gasteiger partial charge in [0.05, 0.1) is 0 Å². The van der Waals surface area contributed by atoms with Crippen LogP contribution in [0.1, 0.15) is 0 Å². The molecule has 56 valence electrons. The van der Waals surface area contributed by atoms with Gasteiger partial charge in [-0.25, -0.2) is 0 Å². The van der Waals surface area contributed by atoms with Crippen LogP contribution in [0.4, 0.5) is 0 Å². The van der Waals surface area contributed by atoms with E-state index in [9.17, 15) is 0 Å². The smallest absolute Gasteiger partial charge is 0.665 e. The Balaban J connectivity index is -0.0000000257. The number of hydrogen-bond acceptors (Lipinski definition) is 3. The molecule has 7 heteroatoms. The number of hydrogen-bond donors (Lipinski definition) is 3. The third-order valence-corrected chi connectivity index (χ3v) is 0. The fourth-order valence-corrected chi connectivity index (χ4v) is 0. The minimum absolute atomic E-state index is 0. The maximum Gasteiger partial charge on any atom is 3.00 e. The molecule has 0 fully saturated rings. The summed E-state index contributed by atoms with van der Waals surface area (Å²) in [6.07, 6.45) is 0. The Labute approximate surface area is 73.9 Å². The standard InChI is InChI=1S/3CHO2.Sb/c3*2-1-3;/h3*(H,2,3);/q3*-1;+3. The summed E-state index contributed by atoms with van der Waals surface area (Å²) in [4.78, 5) is 24.7. The summed E-state index contributed by atoms with van der Waals surface area (Å²) >= 11 is 0. The van der Waals surface area contributed by atoms with Crippen LogP contribution >= 0.6 is 0 Å². The molecule has 0 heterocycles. The van der Waals surface area contributed by atoms with E-state index in [1.807, 2.05) is 0 Å². The molecular formula is C3H3O6Sb. The van der Waals surface area contributed by atoms with E-state index in [4.69, 9.17) is 29.7 Å². The van der Waals surface area contributed by atoms with Crippen molar-refractivity contribution < 1.29 is 29.7 Å². The molecule has 2 radical (unpaired) electrons. The Hall–Kier alpha value is -0.772. The van der Waals surface area contributed by atoms with Crippen molar-refractivity contribution in [1.29, 1.82) is 0 Å². The summed E-state index contributed by atoms with van der Waals surface area (Å²) in [6, 6.07) is 0. The summed E-state index contributed by atoms with van der Waals surface area (Å²) in [5.74, 6) is 0. The molecule has 0 aromatic rings. The second-order valence-corrected chi connectivity index (χ2v) is 0.274. The first-order chi connectivity index (χ1) is 4.24. The van der Waals surface area contributed by atoms with Gasteiger partial charge in [-0.3, -0.25) is 0 Å². The zero-order valence-corrected chi connectivity index (χ0v) is 7.07. The minimum Gasteiger partial charge on any atom is -0.665 e. The zero-order chi connectivity index (χ0) is 8.12. The van der Waals surface area contributed by atoms with Crippen LogP contribution in [-0.4, -0.2) is 59.2 Å². The monoisotopic (exact) mass is 256 g/mol. The molecule has 0 aromatic carbocycles. The van der Waals surface area contributed by atoms with Crippen LogP contribution < -0.4 is 0 Å². The predicted molar refractivity (Wildman–Crippen MR) is 30.7 cm³/mol. The Kier molecular flexibility index (Phi) is 198. The SMILES string of the molecule is O=[C-]O.O=[C-]O.O=[C-]O.[Sb+3]. The van der Waals surface area contributed by atoms with E-state index in [-0.39, 0.29) is 24.4 Å². The van der Waals surface area contributed by atoms with Crippen molar-refractivity contribution in [3.8, 4) is 0 Å². The van der Waals surface area contributed by atoms with E-state index in [0.29, 0.717) is 19.4 Å². The maximum atomic E-state index is 8.24. The Morgan fingerprint density at radius 3 is 0.700 bits per heavy atom. The van der Waals surface area contributed by atoms with Gasteiger partial charge in [0.2, 0.25) is 0 Å². The van der Waals surface area contributed by atoms with Crippen LogP contribution in [0, 0.1) is 0 Å². The second kappa shape index (κ2) is 86.6. The molecule has 0 bridgehead atoms. The third kappa shape index (κ3) is 471. The fourth-order valence-electron chi connectivity index (χ4n) is 0. The van der Waals surface area contributed by atoms with E-state index in [1.165, 1.54) is 0 Å². The first kappa shape index (κ1) is 22.9. The van der Waals surface area contributed by atoms with Gasteiger partial charge in [-0.1, -0.05) is 19.4 Å². The predicted octanol–water partition coefficient (Wildman–Crippen LogP) is -1.55. The molecule has 0 aromatic heterocycles. The third-order valence-electron chi connectivity index (χ3n) is 0. The first-order valence-corrected chi connectivity index (χ1v) is 1.28. The molecule has 0 rings (SSSR count). The summed E-state index contributed by atoms with van der Waals surface area (Å²) in [5.41, 5.74) is 0. The van der Waals surface area contributed by atoms with E-state index in [1.54, 1.807) is 0 Å².